The van der Waals surface area contributed by atoms with Crippen molar-refractivity contribution in [2.45, 2.75) is 18.9 Å². The van der Waals surface area contributed by atoms with E-state index < -0.39 is 40.9 Å². The number of amides is 2. The second kappa shape index (κ2) is 9.53. The van der Waals surface area contributed by atoms with E-state index in [1.54, 1.807) is 6.07 Å². The Balaban J connectivity index is 1.50. The van der Waals surface area contributed by atoms with Crippen molar-refractivity contribution in [3.8, 4) is 0 Å². The molecule has 2 aliphatic heterocycles. The molecule has 1 aromatic carbocycles. The summed E-state index contributed by atoms with van der Waals surface area (Å²) in [6.07, 6.45) is 1.24. The first-order chi connectivity index (χ1) is 15.9. The molecule has 0 saturated carbocycles. The van der Waals surface area contributed by atoms with Crippen LogP contribution >= 0.6 is 0 Å². The van der Waals surface area contributed by atoms with Gasteiger partial charge in [-0.2, -0.15) is 0 Å². The molecule has 1 atom stereocenters. The summed E-state index contributed by atoms with van der Waals surface area (Å²) in [6.45, 7) is -0.000173. The van der Waals surface area contributed by atoms with Crippen molar-refractivity contribution < 1.29 is 37.1 Å². The second-order valence-corrected chi connectivity index (χ2v) is 7.56. The van der Waals surface area contributed by atoms with Gasteiger partial charge in [-0.3, -0.25) is 9.69 Å². The zero-order valence-electron chi connectivity index (χ0n) is 17.4. The normalized spacial score (nSPS) is 18.4. The van der Waals surface area contributed by atoms with Crippen LogP contribution in [0.3, 0.4) is 0 Å². The molecule has 2 N–H and O–H groups in total. The molecule has 2 aromatic rings. The van der Waals surface area contributed by atoms with Crippen molar-refractivity contribution in [2.24, 2.45) is 0 Å². The summed E-state index contributed by atoms with van der Waals surface area (Å²) in [6, 6.07) is 2.33. The number of carbonyl (C=O) groups is 2. The lowest BCUT2D eigenvalue weighted by atomic mass is 9.97. The summed E-state index contributed by atoms with van der Waals surface area (Å²) in [7, 11) is 0. The van der Waals surface area contributed by atoms with Gasteiger partial charge in [-0.15, -0.1) is 0 Å². The van der Waals surface area contributed by atoms with Gasteiger partial charge >= 0.3 is 6.09 Å². The maximum absolute atomic E-state index is 14.9. The minimum Gasteiger partial charge on any atom is -0.442 e. The predicted molar refractivity (Wildman–Crippen MR) is 110 cm³/mol. The molecule has 1 aromatic heterocycles. The van der Waals surface area contributed by atoms with Crippen LogP contribution in [-0.4, -0.2) is 66.1 Å². The fourth-order valence-corrected chi connectivity index (χ4v) is 3.80. The summed E-state index contributed by atoms with van der Waals surface area (Å²) in [5.74, 6) is -3.68. The van der Waals surface area contributed by atoms with E-state index in [9.17, 15) is 22.8 Å². The van der Waals surface area contributed by atoms with E-state index in [1.807, 2.05) is 0 Å². The Bertz CT molecular complexity index is 1080. The molecular formula is C21H21F3N4O5. The highest BCUT2D eigenvalue weighted by Gasteiger charge is 2.36. The van der Waals surface area contributed by atoms with Gasteiger partial charge in [-0.05, 0) is 12.0 Å². The average molecular weight is 466 g/mol. The molecule has 0 bridgehead atoms. The van der Waals surface area contributed by atoms with Crippen LogP contribution in [0.15, 0.2) is 29.0 Å². The summed E-state index contributed by atoms with van der Waals surface area (Å²) in [4.78, 5) is 26.4. The summed E-state index contributed by atoms with van der Waals surface area (Å²) in [5, 5.41) is 15.4. The maximum atomic E-state index is 14.9. The van der Waals surface area contributed by atoms with E-state index >= 15 is 0 Å². The SMILES string of the molecule is O=C(CCO)N1CC=C(c2c(F)cc(N3CC(CNc4ccon4)OC3=O)c(F)c2F)CC1. The summed E-state index contributed by atoms with van der Waals surface area (Å²) in [5.41, 5.74) is -0.858. The van der Waals surface area contributed by atoms with E-state index in [1.165, 1.54) is 17.2 Å². The number of cyclic esters (lactones) is 1. The van der Waals surface area contributed by atoms with Crippen molar-refractivity contribution in [1.29, 1.82) is 0 Å². The molecule has 1 fully saturated rings. The topological polar surface area (TPSA) is 108 Å². The van der Waals surface area contributed by atoms with Crippen LogP contribution in [0.5, 0.6) is 0 Å². The van der Waals surface area contributed by atoms with Crippen LogP contribution in [-0.2, 0) is 9.53 Å². The smallest absolute Gasteiger partial charge is 0.414 e. The molecule has 0 spiro atoms. The quantitative estimate of drug-likeness (QED) is 0.604. The first-order valence-corrected chi connectivity index (χ1v) is 10.3. The molecule has 2 amide bonds. The van der Waals surface area contributed by atoms with E-state index in [4.69, 9.17) is 9.84 Å². The molecule has 9 nitrogen and oxygen atoms in total. The molecule has 0 radical (unpaired) electrons. The number of aliphatic hydroxyl groups excluding tert-OH is 1. The first-order valence-electron chi connectivity index (χ1n) is 10.3. The molecule has 1 saturated heterocycles. The van der Waals surface area contributed by atoms with Crippen molar-refractivity contribution in [3.05, 3.63) is 47.5 Å². The van der Waals surface area contributed by atoms with E-state index in [2.05, 4.69) is 15.0 Å². The van der Waals surface area contributed by atoms with Gasteiger partial charge in [-0.1, -0.05) is 11.2 Å². The minimum atomic E-state index is -1.41. The fourth-order valence-electron chi connectivity index (χ4n) is 3.80. The average Bonchev–Trinajstić information content (AvgIpc) is 3.45. The van der Waals surface area contributed by atoms with Crippen LogP contribution < -0.4 is 10.2 Å². The monoisotopic (exact) mass is 466 g/mol. The molecule has 176 valence electrons. The van der Waals surface area contributed by atoms with E-state index in [0.717, 1.165) is 11.0 Å². The fraction of sp³-hybridized carbons (Fsp3) is 0.381. The van der Waals surface area contributed by atoms with Crippen LogP contribution in [0.2, 0.25) is 0 Å². The number of benzene rings is 1. The van der Waals surface area contributed by atoms with Gasteiger partial charge in [0.05, 0.1) is 30.9 Å². The van der Waals surface area contributed by atoms with Crippen LogP contribution in [0.25, 0.3) is 5.57 Å². The van der Waals surface area contributed by atoms with Crippen LogP contribution in [0.4, 0.5) is 29.5 Å². The van der Waals surface area contributed by atoms with E-state index in [0.29, 0.717) is 5.82 Å². The largest absolute Gasteiger partial charge is 0.442 e. The number of nitrogens with one attached hydrogen (secondary N) is 1. The van der Waals surface area contributed by atoms with Gasteiger partial charge < -0.3 is 24.6 Å². The zero-order chi connectivity index (χ0) is 23.5. The van der Waals surface area contributed by atoms with Crippen molar-refractivity contribution in [3.63, 3.8) is 0 Å². The number of hydrogen-bond acceptors (Lipinski definition) is 7. The van der Waals surface area contributed by atoms with Gasteiger partial charge in [0.1, 0.15) is 18.2 Å². The van der Waals surface area contributed by atoms with Gasteiger partial charge in [-0.25, -0.2) is 18.0 Å². The van der Waals surface area contributed by atoms with Crippen LogP contribution in [0.1, 0.15) is 18.4 Å². The second-order valence-electron chi connectivity index (χ2n) is 7.56. The van der Waals surface area contributed by atoms with Crippen LogP contribution in [0, 0.1) is 17.5 Å². The number of rotatable bonds is 7. The third-order valence-electron chi connectivity index (χ3n) is 5.46. The molecule has 2 aliphatic rings. The number of nitrogens with zero attached hydrogens (tertiary/aromatic N) is 3. The third-order valence-corrected chi connectivity index (χ3v) is 5.46. The third kappa shape index (κ3) is 4.65. The highest BCUT2D eigenvalue weighted by atomic mass is 19.2. The van der Waals surface area contributed by atoms with Gasteiger partial charge in [0.25, 0.3) is 0 Å². The zero-order valence-corrected chi connectivity index (χ0v) is 17.4. The highest BCUT2D eigenvalue weighted by Crippen LogP contribution is 2.35. The minimum absolute atomic E-state index is 0.0454. The number of aliphatic hydroxyl groups is 1. The number of halogens is 3. The number of carbonyl (C=O) groups excluding carboxylic acids is 2. The van der Waals surface area contributed by atoms with Gasteiger partial charge in [0.15, 0.2) is 17.5 Å². The Morgan fingerprint density at radius 2 is 2.12 bits per heavy atom. The van der Waals surface area contributed by atoms with Crippen molar-refractivity contribution in [2.75, 3.05) is 43.0 Å². The lowest BCUT2D eigenvalue weighted by molar-refractivity contribution is -0.131. The Kier molecular flexibility index (Phi) is 6.54. The summed E-state index contributed by atoms with van der Waals surface area (Å²) >= 11 is 0. The number of hydrogen-bond donors (Lipinski definition) is 2. The lowest BCUT2D eigenvalue weighted by Crippen LogP contribution is -2.35. The standard InChI is InChI=1S/C21H21F3N4O5/c22-14-9-15(28-11-13(33-21(28)31)10-25-16-4-8-32-26-16)19(23)20(24)18(14)12-1-5-27(6-2-12)17(30)3-7-29/h1,4,8-9,13,29H,2-3,5-7,10-11H2,(H,25,26). The number of ether oxygens (including phenoxy) is 1. The molecule has 1 unspecified atom stereocenters. The summed E-state index contributed by atoms with van der Waals surface area (Å²) < 4.78 is 54.5. The predicted octanol–water partition coefficient (Wildman–Crippen LogP) is 2.53. The lowest BCUT2D eigenvalue weighted by Gasteiger charge is -2.27. The van der Waals surface area contributed by atoms with E-state index in [-0.39, 0.29) is 57.1 Å². The highest BCUT2D eigenvalue weighted by molar-refractivity contribution is 5.90. The molecule has 12 heteroatoms. The Morgan fingerprint density at radius 1 is 1.30 bits per heavy atom. The molecule has 4 rings (SSSR count). The Labute approximate surface area is 186 Å². The maximum Gasteiger partial charge on any atom is 0.414 e. The number of anilines is 2. The van der Waals surface area contributed by atoms with Gasteiger partial charge in [0, 0.05) is 31.6 Å². The Morgan fingerprint density at radius 3 is 2.79 bits per heavy atom. The first kappa shape index (κ1) is 22.6. The van der Waals surface area contributed by atoms with Gasteiger partial charge in [0.2, 0.25) is 5.91 Å². The molecule has 3 heterocycles. The molecule has 0 aliphatic carbocycles. The van der Waals surface area contributed by atoms with Crippen molar-refractivity contribution >= 4 is 29.1 Å². The van der Waals surface area contributed by atoms with Crippen molar-refractivity contribution in [1.82, 2.24) is 10.1 Å². The number of aromatic nitrogens is 1. The molecular weight excluding hydrogens is 445 g/mol. The molecule has 33 heavy (non-hydrogen) atoms. The Hall–Kier alpha value is -3.54.